The lowest BCUT2D eigenvalue weighted by Gasteiger charge is -2.63. The van der Waals surface area contributed by atoms with E-state index in [-0.39, 0.29) is 47.6 Å². The summed E-state index contributed by atoms with van der Waals surface area (Å²) in [6, 6.07) is 16.0. The molecular weight excluding hydrogens is 709 g/mol. The summed E-state index contributed by atoms with van der Waals surface area (Å²) in [7, 11) is 0. The van der Waals surface area contributed by atoms with E-state index in [1.54, 1.807) is 6.07 Å². The molecule has 4 heterocycles. The number of rotatable bonds is 8. The predicted octanol–water partition coefficient (Wildman–Crippen LogP) is 5.79. The quantitative estimate of drug-likeness (QED) is 0.218. The third-order valence-corrected chi connectivity index (χ3v) is 12.8. The summed E-state index contributed by atoms with van der Waals surface area (Å²) in [4.78, 5) is 73.5. The van der Waals surface area contributed by atoms with Gasteiger partial charge in [0.1, 0.15) is 17.9 Å². The molecule has 0 aromatic heterocycles. The number of carbonyl (C=O) groups excluding carboxylic acids is 5. The highest BCUT2D eigenvalue weighted by Crippen LogP contribution is 2.55. The van der Waals surface area contributed by atoms with Crippen LogP contribution in [0.3, 0.4) is 0 Å². The smallest absolute Gasteiger partial charge is 0.262 e. The minimum atomic E-state index is -0.963. The first-order valence-corrected chi connectivity index (χ1v) is 19.6. The largest absolute Gasteiger partial charge is 0.489 e. The summed E-state index contributed by atoms with van der Waals surface area (Å²) in [5.74, 6) is -0.788. The third-order valence-electron chi connectivity index (χ3n) is 12.8. The van der Waals surface area contributed by atoms with Gasteiger partial charge in [-0.05, 0) is 97.3 Å². The van der Waals surface area contributed by atoms with E-state index in [0.29, 0.717) is 41.4 Å². The minimum absolute atomic E-state index is 0.0967. The molecule has 0 spiro atoms. The zero-order chi connectivity index (χ0) is 39.7. The second kappa shape index (κ2) is 13.9. The van der Waals surface area contributed by atoms with Gasteiger partial charge in [0, 0.05) is 67.3 Å². The maximum Gasteiger partial charge on any atom is 0.262 e. The zero-order valence-electron chi connectivity index (χ0n) is 32.6. The molecule has 12 heteroatoms. The standard InChI is InChI=1S/C44H48N6O6/c1-25-19-31(11-12-34(25)45-6)56-42-43(2,3)41(44(42,4)5)47-37(52)27-7-9-30(10-8-27)49-17-15-26(16-18-49)22-48-23-28-20-32-33(21-29(28)24-48)40(55)50(39(32)54)35-13-14-36(51)46-38(35)53/h7-12,19-21,26,35,41-42H,13-18,22-24H2,1-5H3,(H,47,52)(H,46,51,53). The monoisotopic (exact) mass is 756 g/mol. The van der Waals surface area contributed by atoms with Crippen molar-refractivity contribution in [2.75, 3.05) is 24.5 Å². The minimum Gasteiger partial charge on any atom is -0.489 e. The van der Waals surface area contributed by atoms with Crippen molar-refractivity contribution in [2.24, 2.45) is 16.7 Å². The zero-order valence-corrected chi connectivity index (χ0v) is 32.6. The number of hydrogen-bond donors (Lipinski definition) is 2. The van der Waals surface area contributed by atoms with Gasteiger partial charge in [-0.3, -0.25) is 39.1 Å². The van der Waals surface area contributed by atoms with Crippen LogP contribution in [0.25, 0.3) is 4.85 Å². The summed E-state index contributed by atoms with van der Waals surface area (Å²) in [5, 5.41) is 5.55. The predicted molar refractivity (Wildman–Crippen MR) is 209 cm³/mol. The fourth-order valence-corrected chi connectivity index (χ4v) is 10.1. The van der Waals surface area contributed by atoms with E-state index in [0.717, 1.165) is 65.5 Å². The SMILES string of the molecule is [C-]#[N+]c1ccc(OC2C(C)(C)C(NC(=O)c3ccc(N4CCC(CN5Cc6cc7c(cc6C5)C(=O)N(C5CCC(=O)NC5=O)C7=O)CC4)cc3)C2(C)C)cc1C. The maximum absolute atomic E-state index is 13.5. The van der Waals surface area contributed by atoms with Crippen molar-refractivity contribution < 1.29 is 28.7 Å². The molecule has 1 saturated carbocycles. The van der Waals surface area contributed by atoms with Gasteiger partial charge < -0.3 is 15.0 Å². The van der Waals surface area contributed by atoms with Crippen LogP contribution < -0.4 is 20.3 Å². The number of ether oxygens (including phenoxy) is 1. The Hall–Kier alpha value is -5.54. The Morgan fingerprint density at radius 3 is 2.09 bits per heavy atom. The molecule has 0 bridgehead atoms. The molecule has 56 heavy (non-hydrogen) atoms. The van der Waals surface area contributed by atoms with Gasteiger partial charge in [-0.25, -0.2) is 4.85 Å². The normalized spacial score (nSPS) is 24.2. The van der Waals surface area contributed by atoms with Crippen molar-refractivity contribution in [3.8, 4) is 5.75 Å². The molecule has 0 radical (unpaired) electrons. The molecule has 4 aliphatic heterocycles. The molecular formula is C44H48N6O6. The second-order valence-electron chi connectivity index (χ2n) is 17.4. The van der Waals surface area contributed by atoms with Crippen molar-refractivity contribution in [3.05, 3.63) is 99.4 Å². The van der Waals surface area contributed by atoms with Gasteiger partial charge in [-0.15, -0.1) is 0 Å². The van der Waals surface area contributed by atoms with Crippen molar-refractivity contribution in [3.63, 3.8) is 0 Å². The first-order valence-electron chi connectivity index (χ1n) is 19.6. The Balaban J connectivity index is 0.822. The van der Waals surface area contributed by atoms with E-state index < -0.39 is 23.8 Å². The molecule has 3 aromatic carbocycles. The summed E-state index contributed by atoms with van der Waals surface area (Å²) in [6.07, 6.45) is 2.18. The number of hydrogen-bond acceptors (Lipinski definition) is 8. The Kier molecular flexibility index (Phi) is 9.27. The highest BCUT2D eigenvalue weighted by molar-refractivity contribution is 6.23. The number of benzene rings is 3. The fourth-order valence-electron chi connectivity index (χ4n) is 10.1. The number of nitrogens with one attached hydrogen (secondary N) is 2. The molecule has 5 aliphatic rings. The van der Waals surface area contributed by atoms with Crippen LogP contribution >= 0.6 is 0 Å². The van der Waals surface area contributed by atoms with Crippen molar-refractivity contribution in [1.82, 2.24) is 20.4 Å². The average Bonchev–Trinajstić information content (AvgIpc) is 3.67. The van der Waals surface area contributed by atoms with Gasteiger partial charge in [0.15, 0.2) is 5.69 Å². The molecule has 12 nitrogen and oxygen atoms in total. The summed E-state index contributed by atoms with van der Waals surface area (Å²) in [5.41, 5.74) is 5.34. The number of imide groups is 2. The van der Waals surface area contributed by atoms with Gasteiger partial charge in [-0.2, -0.15) is 0 Å². The van der Waals surface area contributed by atoms with Crippen molar-refractivity contribution in [1.29, 1.82) is 0 Å². The van der Waals surface area contributed by atoms with Gasteiger partial charge in [0.05, 0.1) is 17.7 Å². The third kappa shape index (κ3) is 6.41. The first kappa shape index (κ1) is 37.4. The van der Waals surface area contributed by atoms with E-state index in [1.165, 1.54) is 0 Å². The van der Waals surface area contributed by atoms with E-state index in [9.17, 15) is 24.0 Å². The second-order valence-corrected chi connectivity index (χ2v) is 17.4. The Morgan fingerprint density at radius 2 is 1.52 bits per heavy atom. The summed E-state index contributed by atoms with van der Waals surface area (Å²) in [6.45, 7) is 21.9. The van der Waals surface area contributed by atoms with Crippen molar-refractivity contribution >= 4 is 40.9 Å². The van der Waals surface area contributed by atoms with Gasteiger partial charge in [0.2, 0.25) is 11.8 Å². The van der Waals surface area contributed by atoms with E-state index in [1.807, 2.05) is 55.5 Å². The molecule has 8 rings (SSSR count). The topological polar surface area (TPSA) is 133 Å². The van der Waals surface area contributed by atoms with E-state index in [2.05, 4.69) is 53.0 Å². The molecule has 3 aromatic rings. The molecule has 1 unspecified atom stereocenters. The van der Waals surface area contributed by atoms with Crippen LogP contribution in [0, 0.1) is 30.2 Å². The van der Waals surface area contributed by atoms with Crippen LogP contribution in [0.4, 0.5) is 11.4 Å². The Labute approximate surface area is 327 Å². The number of piperidine rings is 2. The Bertz CT molecular complexity index is 2140. The van der Waals surface area contributed by atoms with Gasteiger partial charge >= 0.3 is 0 Å². The lowest BCUT2D eigenvalue weighted by atomic mass is 9.49. The van der Waals surface area contributed by atoms with Crippen LogP contribution in [0.1, 0.15) is 101 Å². The van der Waals surface area contributed by atoms with Gasteiger partial charge in [-0.1, -0.05) is 33.8 Å². The number of anilines is 1. The maximum atomic E-state index is 13.5. The lowest BCUT2D eigenvalue weighted by molar-refractivity contribution is -0.164. The van der Waals surface area contributed by atoms with Crippen LogP contribution in [0.2, 0.25) is 0 Å². The number of fused-ring (bicyclic) bond motifs is 2. The van der Waals surface area contributed by atoms with Crippen LogP contribution in [0.15, 0.2) is 54.6 Å². The molecule has 290 valence electrons. The summed E-state index contributed by atoms with van der Waals surface area (Å²) >= 11 is 0. The molecule has 3 fully saturated rings. The summed E-state index contributed by atoms with van der Waals surface area (Å²) < 4.78 is 6.46. The highest BCUT2D eigenvalue weighted by atomic mass is 16.5. The number of carbonyl (C=O) groups is 5. The van der Waals surface area contributed by atoms with Crippen LogP contribution in [0.5, 0.6) is 5.75 Å². The number of amides is 5. The lowest BCUT2D eigenvalue weighted by Crippen LogP contribution is -2.74. The van der Waals surface area contributed by atoms with Crippen LogP contribution in [-0.4, -0.2) is 77.2 Å². The number of aryl methyl sites for hydroxylation is 1. The Morgan fingerprint density at radius 1 is 0.893 bits per heavy atom. The van der Waals surface area contributed by atoms with E-state index >= 15 is 0 Å². The molecule has 1 atom stereocenters. The highest BCUT2D eigenvalue weighted by Gasteiger charge is 2.64. The molecule has 1 aliphatic carbocycles. The van der Waals surface area contributed by atoms with Crippen LogP contribution in [-0.2, 0) is 22.7 Å². The molecule has 2 N–H and O–H groups in total. The molecule has 2 saturated heterocycles. The molecule has 5 amide bonds. The van der Waals surface area contributed by atoms with E-state index in [4.69, 9.17) is 11.3 Å². The average molecular weight is 757 g/mol. The van der Waals surface area contributed by atoms with Crippen molar-refractivity contribution in [2.45, 2.75) is 91.6 Å². The number of nitrogens with zero attached hydrogens (tertiary/aromatic N) is 4. The first-order chi connectivity index (χ1) is 26.6. The fraction of sp³-hybridized carbons (Fsp3) is 0.455. The van der Waals surface area contributed by atoms with Gasteiger partial charge in [0.25, 0.3) is 17.7 Å².